The second-order valence-corrected chi connectivity index (χ2v) is 8.45. The Labute approximate surface area is 191 Å². The van der Waals surface area contributed by atoms with Crippen molar-refractivity contribution in [1.29, 1.82) is 0 Å². The molecule has 1 atom stereocenters. The van der Waals surface area contributed by atoms with Gasteiger partial charge in [0.15, 0.2) is 5.43 Å². The molecule has 5 rings (SSSR count). The molecule has 4 aromatic rings. The average molecular weight is 472 g/mol. The molecule has 0 radical (unpaired) electrons. The van der Waals surface area contributed by atoms with Crippen LogP contribution in [0.3, 0.4) is 0 Å². The summed E-state index contributed by atoms with van der Waals surface area (Å²) in [5.41, 5.74) is 1.50. The fourth-order valence-electron chi connectivity index (χ4n) is 3.84. The number of nitrogens with zero attached hydrogens (tertiary/aromatic N) is 2. The molecule has 0 unspecified atom stereocenters. The van der Waals surface area contributed by atoms with E-state index < -0.39 is 11.9 Å². The largest absolute Gasteiger partial charge is 0.450 e. The average Bonchev–Trinajstić information content (AvgIpc) is 3.03. The molecule has 0 spiro atoms. The maximum absolute atomic E-state index is 13.5. The molecule has 31 heavy (non-hydrogen) atoms. The zero-order chi connectivity index (χ0) is 21.9. The van der Waals surface area contributed by atoms with E-state index in [1.807, 2.05) is 13.0 Å². The monoisotopic (exact) mass is 470 g/mol. The number of hydrogen-bond donors (Lipinski definition) is 0. The van der Waals surface area contributed by atoms with Crippen LogP contribution in [0.15, 0.2) is 63.8 Å². The van der Waals surface area contributed by atoms with Crippen molar-refractivity contribution in [2.75, 3.05) is 4.90 Å². The summed E-state index contributed by atoms with van der Waals surface area (Å²) in [6.45, 7) is 1.82. The summed E-state index contributed by atoms with van der Waals surface area (Å²) in [6, 6.07) is 14.3. The van der Waals surface area contributed by atoms with Gasteiger partial charge in [0.05, 0.1) is 27.0 Å². The molecule has 0 aliphatic carbocycles. The van der Waals surface area contributed by atoms with Gasteiger partial charge in [-0.3, -0.25) is 14.5 Å². The van der Waals surface area contributed by atoms with Gasteiger partial charge in [-0.1, -0.05) is 46.9 Å². The Morgan fingerprint density at radius 3 is 2.52 bits per heavy atom. The van der Waals surface area contributed by atoms with E-state index in [9.17, 15) is 9.59 Å². The van der Waals surface area contributed by atoms with Gasteiger partial charge in [-0.2, -0.15) is 0 Å². The van der Waals surface area contributed by atoms with Gasteiger partial charge in [0.1, 0.15) is 11.4 Å². The first-order chi connectivity index (χ1) is 14.8. The zero-order valence-electron chi connectivity index (χ0n) is 16.0. The lowest BCUT2D eigenvalue weighted by Crippen LogP contribution is -2.30. The van der Waals surface area contributed by atoms with Gasteiger partial charge in [-0.25, -0.2) is 4.98 Å². The number of pyridine rings is 1. The van der Waals surface area contributed by atoms with Crippen LogP contribution in [0.1, 0.15) is 33.4 Å². The third kappa shape index (κ3) is 3.21. The van der Waals surface area contributed by atoms with Crippen molar-refractivity contribution >= 4 is 57.5 Å². The number of carbonyl (C=O) groups is 1. The molecule has 0 fully saturated rings. The number of hydrogen-bond acceptors (Lipinski definition) is 4. The summed E-state index contributed by atoms with van der Waals surface area (Å²) >= 11 is 18.5. The van der Waals surface area contributed by atoms with Crippen molar-refractivity contribution in [3.63, 3.8) is 0 Å². The van der Waals surface area contributed by atoms with Gasteiger partial charge in [0, 0.05) is 10.7 Å². The Morgan fingerprint density at radius 2 is 1.77 bits per heavy atom. The number of anilines is 1. The number of halogens is 3. The van der Waals surface area contributed by atoms with E-state index in [4.69, 9.17) is 39.2 Å². The Hall–Kier alpha value is -2.86. The fourth-order valence-corrected chi connectivity index (χ4v) is 4.32. The molecule has 1 aliphatic heterocycles. The first-order valence-electron chi connectivity index (χ1n) is 9.33. The molecular formula is C23H13Cl3N2O3. The van der Waals surface area contributed by atoms with Gasteiger partial charge in [0.2, 0.25) is 5.76 Å². The maximum Gasteiger partial charge on any atom is 0.296 e. The van der Waals surface area contributed by atoms with E-state index in [0.29, 0.717) is 31.8 Å². The van der Waals surface area contributed by atoms with Crippen LogP contribution in [0, 0.1) is 6.92 Å². The fraction of sp³-hybridized carbons (Fsp3) is 0.0870. The lowest BCUT2D eigenvalue weighted by Gasteiger charge is -2.24. The molecule has 0 saturated heterocycles. The van der Waals surface area contributed by atoms with Crippen molar-refractivity contribution in [1.82, 2.24) is 4.98 Å². The molecule has 2 aromatic carbocycles. The third-order valence-corrected chi connectivity index (χ3v) is 6.19. The zero-order valence-corrected chi connectivity index (χ0v) is 18.3. The highest BCUT2D eigenvalue weighted by molar-refractivity contribution is 6.42. The molecule has 0 N–H and O–H groups in total. The summed E-state index contributed by atoms with van der Waals surface area (Å²) in [7, 11) is 0. The van der Waals surface area contributed by atoms with Crippen molar-refractivity contribution in [3.05, 3.63) is 102 Å². The summed E-state index contributed by atoms with van der Waals surface area (Å²) in [5.74, 6) is -0.0914. The molecular weight excluding hydrogens is 459 g/mol. The Bertz CT molecular complexity index is 1450. The van der Waals surface area contributed by atoms with Crippen LogP contribution in [0.4, 0.5) is 5.82 Å². The summed E-state index contributed by atoms with van der Waals surface area (Å²) < 4.78 is 5.90. The number of rotatable bonds is 2. The van der Waals surface area contributed by atoms with Crippen LogP contribution in [0.2, 0.25) is 15.1 Å². The molecule has 0 bridgehead atoms. The second kappa shape index (κ2) is 7.38. The quantitative estimate of drug-likeness (QED) is 0.349. The van der Waals surface area contributed by atoms with Crippen LogP contribution in [0.5, 0.6) is 0 Å². The third-order valence-electron chi connectivity index (χ3n) is 5.21. The van der Waals surface area contributed by atoms with E-state index in [1.54, 1.807) is 42.5 Å². The maximum atomic E-state index is 13.5. The highest BCUT2D eigenvalue weighted by atomic mass is 35.5. The first kappa shape index (κ1) is 20.1. The highest BCUT2D eigenvalue weighted by Gasteiger charge is 2.44. The number of fused-ring (bicyclic) bond motifs is 2. The molecule has 2 aromatic heterocycles. The SMILES string of the molecule is Cc1cccc(N2C(=O)c3oc4ccc(Cl)cc4c(=O)c3[C@H]2c2ccc(Cl)c(Cl)c2)n1. The van der Waals surface area contributed by atoms with Crippen LogP contribution in [0.25, 0.3) is 11.0 Å². The van der Waals surface area contributed by atoms with Crippen molar-refractivity contribution in [2.45, 2.75) is 13.0 Å². The summed E-state index contributed by atoms with van der Waals surface area (Å²) in [4.78, 5) is 32.9. The van der Waals surface area contributed by atoms with Gasteiger partial charge < -0.3 is 4.42 Å². The standard InChI is InChI=1S/C23H13Cl3N2O3/c1-11-3-2-4-18(27-11)28-20(12-5-7-15(25)16(26)9-12)19-21(29)14-10-13(24)6-8-17(14)31-22(19)23(28)30/h2-10,20H,1H3/t20-/m1/s1. The van der Waals surface area contributed by atoms with Gasteiger partial charge in [0.25, 0.3) is 5.91 Å². The Balaban J connectivity index is 1.84. The topological polar surface area (TPSA) is 63.4 Å². The predicted octanol–water partition coefficient (Wildman–Crippen LogP) is 6.21. The highest BCUT2D eigenvalue weighted by Crippen LogP contribution is 2.42. The molecule has 8 heteroatoms. The Morgan fingerprint density at radius 1 is 0.968 bits per heavy atom. The van der Waals surface area contributed by atoms with Crippen LogP contribution >= 0.6 is 34.8 Å². The number of benzene rings is 2. The van der Waals surface area contributed by atoms with E-state index in [2.05, 4.69) is 4.98 Å². The summed E-state index contributed by atoms with van der Waals surface area (Å²) in [6.07, 6.45) is 0. The van der Waals surface area contributed by atoms with E-state index in [1.165, 1.54) is 11.0 Å². The van der Waals surface area contributed by atoms with Gasteiger partial charge in [-0.05, 0) is 55.0 Å². The number of aromatic nitrogens is 1. The van der Waals surface area contributed by atoms with Crippen LogP contribution in [-0.2, 0) is 0 Å². The second-order valence-electron chi connectivity index (χ2n) is 7.20. The summed E-state index contributed by atoms with van der Waals surface area (Å²) in [5, 5.41) is 1.37. The number of aryl methyl sites for hydroxylation is 1. The van der Waals surface area contributed by atoms with Crippen molar-refractivity contribution < 1.29 is 9.21 Å². The van der Waals surface area contributed by atoms with Crippen molar-refractivity contribution in [2.24, 2.45) is 0 Å². The van der Waals surface area contributed by atoms with E-state index >= 15 is 0 Å². The number of amides is 1. The molecule has 3 heterocycles. The molecule has 1 aliphatic rings. The lowest BCUT2D eigenvalue weighted by atomic mass is 9.98. The smallest absolute Gasteiger partial charge is 0.296 e. The molecule has 0 saturated carbocycles. The van der Waals surface area contributed by atoms with Crippen molar-refractivity contribution in [3.8, 4) is 0 Å². The minimum Gasteiger partial charge on any atom is -0.450 e. The van der Waals surface area contributed by atoms with E-state index in [0.717, 1.165) is 5.69 Å². The molecule has 5 nitrogen and oxygen atoms in total. The first-order valence-corrected chi connectivity index (χ1v) is 10.5. The van der Waals surface area contributed by atoms with E-state index in [-0.39, 0.29) is 22.3 Å². The minimum absolute atomic E-state index is 0.0285. The minimum atomic E-state index is -0.786. The van der Waals surface area contributed by atoms with Crippen LogP contribution in [-0.4, -0.2) is 10.9 Å². The lowest BCUT2D eigenvalue weighted by molar-refractivity contribution is 0.0970. The molecule has 1 amide bonds. The van der Waals surface area contributed by atoms with Crippen LogP contribution < -0.4 is 10.3 Å². The van der Waals surface area contributed by atoms with Gasteiger partial charge >= 0.3 is 0 Å². The predicted molar refractivity (Wildman–Crippen MR) is 122 cm³/mol. The normalized spacial score (nSPS) is 15.5. The Kier molecular flexibility index (Phi) is 4.77. The van der Waals surface area contributed by atoms with Gasteiger partial charge in [-0.15, -0.1) is 0 Å². The molecule has 154 valence electrons. The number of carbonyl (C=O) groups excluding carboxylic acids is 1.